The van der Waals surface area contributed by atoms with E-state index in [9.17, 15) is 4.39 Å². The summed E-state index contributed by atoms with van der Waals surface area (Å²) in [7, 11) is 3.29. The van der Waals surface area contributed by atoms with Crippen molar-refractivity contribution in [3.63, 3.8) is 0 Å². The molecule has 0 atom stereocenters. The fourth-order valence-corrected chi connectivity index (χ4v) is 3.05. The van der Waals surface area contributed by atoms with Crippen LogP contribution in [0.5, 0.6) is 11.5 Å². The van der Waals surface area contributed by atoms with Gasteiger partial charge in [0, 0.05) is 25.8 Å². The predicted molar refractivity (Wildman–Crippen MR) is 111 cm³/mol. The topological polar surface area (TPSA) is 57.5 Å². The Morgan fingerprint density at radius 1 is 1.07 bits per heavy atom. The Morgan fingerprint density at radius 3 is 2.55 bits per heavy atom. The van der Waals surface area contributed by atoms with E-state index in [4.69, 9.17) is 14.2 Å². The highest BCUT2D eigenvalue weighted by atomic mass is 19.1. The fourth-order valence-electron chi connectivity index (χ4n) is 3.05. The van der Waals surface area contributed by atoms with E-state index in [0.717, 1.165) is 22.6 Å². The minimum absolute atomic E-state index is 0.264. The molecule has 0 saturated carbocycles. The molecule has 0 spiro atoms. The first-order chi connectivity index (χ1) is 14.2. The third-order valence-electron chi connectivity index (χ3n) is 4.49. The van der Waals surface area contributed by atoms with Gasteiger partial charge in [-0.1, -0.05) is 6.07 Å². The highest BCUT2D eigenvalue weighted by Crippen LogP contribution is 2.29. The van der Waals surface area contributed by atoms with Crippen LogP contribution in [0, 0.1) is 5.82 Å². The molecule has 0 aliphatic carbocycles. The van der Waals surface area contributed by atoms with Gasteiger partial charge in [-0.15, -0.1) is 0 Å². The number of anilines is 1. The van der Waals surface area contributed by atoms with Gasteiger partial charge in [0.25, 0.3) is 0 Å². The Morgan fingerprint density at radius 2 is 1.86 bits per heavy atom. The summed E-state index contributed by atoms with van der Waals surface area (Å²) in [6.07, 6.45) is 1.78. The number of imidazole rings is 1. The molecule has 0 saturated heterocycles. The normalized spacial score (nSPS) is 10.8. The van der Waals surface area contributed by atoms with Crippen LogP contribution in [0.1, 0.15) is 12.5 Å². The second-order valence-corrected chi connectivity index (χ2v) is 6.39. The van der Waals surface area contributed by atoms with Crippen LogP contribution in [0.2, 0.25) is 0 Å². The summed E-state index contributed by atoms with van der Waals surface area (Å²) in [5, 5.41) is 3.37. The zero-order valence-electron chi connectivity index (χ0n) is 16.9. The Hall–Kier alpha value is -3.06. The summed E-state index contributed by atoms with van der Waals surface area (Å²) in [4.78, 5) is 4.52. The number of hydrogen-bond acceptors (Lipinski definition) is 5. The van der Waals surface area contributed by atoms with E-state index in [1.54, 1.807) is 32.5 Å². The van der Waals surface area contributed by atoms with Crippen molar-refractivity contribution in [2.24, 2.45) is 0 Å². The Bertz CT molecular complexity index is 926. The number of rotatable bonds is 10. The van der Waals surface area contributed by atoms with Crippen LogP contribution >= 0.6 is 0 Å². The molecule has 0 aliphatic heterocycles. The SMILES string of the molecule is CCOc1ccc(CNc2ncc(-c3ccc(F)cc3)n2CCOC)cc1OC. The minimum Gasteiger partial charge on any atom is -0.493 e. The molecule has 3 aromatic rings. The van der Waals surface area contributed by atoms with Gasteiger partial charge in [-0.05, 0) is 48.9 Å². The zero-order chi connectivity index (χ0) is 20.6. The first-order valence-corrected chi connectivity index (χ1v) is 9.50. The lowest BCUT2D eigenvalue weighted by Gasteiger charge is -2.14. The molecule has 0 unspecified atom stereocenters. The number of aromatic nitrogens is 2. The molecule has 3 rings (SSSR count). The molecule has 154 valence electrons. The predicted octanol–water partition coefficient (Wildman–Crippen LogP) is 4.36. The standard InChI is InChI=1S/C22H26FN3O3/c1-4-29-20-10-5-16(13-21(20)28-3)14-24-22-25-15-19(26(22)11-12-27-2)17-6-8-18(23)9-7-17/h5-10,13,15H,4,11-12,14H2,1-3H3,(H,24,25). The average Bonchev–Trinajstić information content (AvgIpc) is 3.14. The Balaban J connectivity index is 1.81. The van der Waals surface area contributed by atoms with Gasteiger partial charge in [0.2, 0.25) is 5.95 Å². The van der Waals surface area contributed by atoms with Crippen LogP contribution in [0.4, 0.5) is 10.3 Å². The molecular formula is C22H26FN3O3. The highest BCUT2D eigenvalue weighted by Gasteiger charge is 2.12. The summed E-state index contributed by atoms with van der Waals surface area (Å²) in [6.45, 7) is 4.24. The molecule has 0 radical (unpaired) electrons. The van der Waals surface area contributed by atoms with Gasteiger partial charge in [0.15, 0.2) is 11.5 Å². The molecule has 1 aromatic heterocycles. The summed E-state index contributed by atoms with van der Waals surface area (Å²) in [5.41, 5.74) is 2.83. The average molecular weight is 399 g/mol. The number of benzene rings is 2. The van der Waals surface area contributed by atoms with Crippen molar-refractivity contribution in [1.82, 2.24) is 9.55 Å². The van der Waals surface area contributed by atoms with Crippen molar-refractivity contribution < 1.29 is 18.6 Å². The maximum absolute atomic E-state index is 13.3. The number of halogens is 1. The van der Waals surface area contributed by atoms with E-state index in [-0.39, 0.29) is 5.82 Å². The summed E-state index contributed by atoms with van der Waals surface area (Å²) < 4.78 is 31.5. The second-order valence-electron chi connectivity index (χ2n) is 6.39. The number of methoxy groups -OCH3 is 2. The van der Waals surface area contributed by atoms with E-state index in [2.05, 4.69) is 10.3 Å². The molecule has 0 amide bonds. The monoisotopic (exact) mass is 399 g/mol. The van der Waals surface area contributed by atoms with E-state index in [1.807, 2.05) is 29.7 Å². The summed E-state index contributed by atoms with van der Waals surface area (Å²) >= 11 is 0. The highest BCUT2D eigenvalue weighted by molar-refractivity contribution is 5.61. The van der Waals surface area contributed by atoms with Crippen molar-refractivity contribution in [2.45, 2.75) is 20.0 Å². The summed E-state index contributed by atoms with van der Waals surface area (Å²) in [6, 6.07) is 12.2. The third-order valence-corrected chi connectivity index (χ3v) is 4.49. The molecule has 1 N–H and O–H groups in total. The number of ether oxygens (including phenoxy) is 3. The zero-order valence-corrected chi connectivity index (χ0v) is 16.9. The molecule has 7 heteroatoms. The molecule has 0 fully saturated rings. The third kappa shape index (κ3) is 5.06. The maximum atomic E-state index is 13.3. The van der Waals surface area contributed by atoms with E-state index in [1.165, 1.54) is 12.1 Å². The Labute approximate surface area is 170 Å². The minimum atomic E-state index is -0.264. The van der Waals surface area contributed by atoms with Crippen LogP contribution in [0.25, 0.3) is 11.3 Å². The van der Waals surface area contributed by atoms with Crippen LogP contribution < -0.4 is 14.8 Å². The lowest BCUT2D eigenvalue weighted by molar-refractivity contribution is 0.188. The van der Waals surface area contributed by atoms with Gasteiger partial charge in [-0.3, -0.25) is 0 Å². The fraction of sp³-hybridized carbons (Fsp3) is 0.318. The van der Waals surface area contributed by atoms with E-state index < -0.39 is 0 Å². The number of nitrogens with zero attached hydrogens (tertiary/aromatic N) is 2. The lowest BCUT2D eigenvalue weighted by atomic mass is 10.1. The van der Waals surface area contributed by atoms with Crippen molar-refractivity contribution in [3.05, 3.63) is 60.0 Å². The van der Waals surface area contributed by atoms with Gasteiger partial charge >= 0.3 is 0 Å². The molecule has 0 aliphatic rings. The van der Waals surface area contributed by atoms with Gasteiger partial charge in [-0.25, -0.2) is 9.37 Å². The second kappa shape index (κ2) is 9.93. The van der Waals surface area contributed by atoms with Crippen LogP contribution in [0.3, 0.4) is 0 Å². The van der Waals surface area contributed by atoms with Crippen LogP contribution in [-0.4, -0.2) is 37.0 Å². The first kappa shape index (κ1) is 20.7. The molecule has 2 aromatic carbocycles. The van der Waals surface area contributed by atoms with Crippen molar-refractivity contribution in [3.8, 4) is 22.8 Å². The number of hydrogen-bond donors (Lipinski definition) is 1. The van der Waals surface area contributed by atoms with Gasteiger partial charge in [-0.2, -0.15) is 0 Å². The van der Waals surface area contributed by atoms with Gasteiger partial charge in [0.1, 0.15) is 5.82 Å². The summed E-state index contributed by atoms with van der Waals surface area (Å²) in [5.74, 6) is 1.87. The quantitative estimate of drug-likeness (QED) is 0.549. The largest absolute Gasteiger partial charge is 0.493 e. The molecular weight excluding hydrogens is 373 g/mol. The smallest absolute Gasteiger partial charge is 0.203 e. The van der Waals surface area contributed by atoms with Gasteiger partial charge < -0.3 is 24.1 Å². The van der Waals surface area contributed by atoms with Crippen molar-refractivity contribution in [2.75, 3.05) is 32.8 Å². The van der Waals surface area contributed by atoms with Crippen LogP contribution in [0.15, 0.2) is 48.7 Å². The maximum Gasteiger partial charge on any atom is 0.203 e. The van der Waals surface area contributed by atoms with Crippen molar-refractivity contribution >= 4 is 5.95 Å². The molecule has 0 bridgehead atoms. The molecule has 29 heavy (non-hydrogen) atoms. The van der Waals surface area contributed by atoms with Crippen LogP contribution in [-0.2, 0) is 17.8 Å². The molecule has 6 nitrogen and oxygen atoms in total. The van der Waals surface area contributed by atoms with Crippen molar-refractivity contribution in [1.29, 1.82) is 0 Å². The first-order valence-electron chi connectivity index (χ1n) is 9.50. The Kier molecular flexibility index (Phi) is 7.08. The van der Waals surface area contributed by atoms with Gasteiger partial charge in [0.05, 0.1) is 32.2 Å². The molecule has 1 heterocycles. The number of nitrogens with one attached hydrogen (secondary N) is 1. The van der Waals surface area contributed by atoms with E-state index in [0.29, 0.717) is 38.0 Å². The lowest BCUT2D eigenvalue weighted by Crippen LogP contribution is -2.12. The van der Waals surface area contributed by atoms with E-state index >= 15 is 0 Å².